The van der Waals surface area contributed by atoms with Gasteiger partial charge in [-0.05, 0) is 45.3 Å². The van der Waals surface area contributed by atoms with Crippen LogP contribution in [0.4, 0.5) is 0 Å². The molecule has 2 aliphatic heterocycles. The molecule has 0 saturated carbocycles. The summed E-state index contributed by atoms with van der Waals surface area (Å²) in [6.45, 7) is 6.52. The van der Waals surface area contributed by atoms with E-state index < -0.39 is 0 Å². The Morgan fingerprint density at radius 3 is 2.67 bits per heavy atom. The molecule has 2 heterocycles. The van der Waals surface area contributed by atoms with Gasteiger partial charge in [-0.1, -0.05) is 13.8 Å². The highest BCUT2D eigenvalue weighted by atomic mass is 15.3. The van der Waals surface area contributed by atoms with Crippen LogP contribution in [0.1, 0.15) is 33.1 Å². The van der Waals surface area contributed by atoms with Crippen LogP contribution in [0.5, 0.6) is 0 Å². The minimum atomic E-state index is 0.716. The first-order valence-electron chi connectivity index (χ1n) is 5.31. The van der Waals surface area contributed by atoms with Crippen LogP contribution < -0.4 is 5.32 Å². The average Bonchev–Trinajstić information content (AvgIpc) is 2.53. The molecule has 2 aliphatic rings. The summed E-state index contributed by atoms with van der Waals surface area (Å²) in [6, 6.07) is 0. The smallest absolute Gasteiger partial charge is 0.0624 e. The molecule has 2 heteroatoms. The zero-order valence-electron chi connectivity index (χ0n) is 8.64. The fourth-order valence-corrected chi connectivity index (χ4v) is 2.27. The summed E-state index contributed by atoms with van der Waals surface area (Å²) in [6.07, 6.45) is 4.96. The van der Waals surface area contributed by atoms with Gasteiger partial charge in [-0.2, -0.15) is 0 Å². The summed E-state index contributed by atoms with van der Waals surface area (Å²) in [7, 11) is 2.23. The van der Waals surface area contributed by atoms with E-state index in [1.807, 2.05) is 13.8 Å². The number of fused-ring (bicyclic) bond motifs is 1. The molecule has 0 spiro atoms. The van der Waals surface area contributed by atoms with Crippen molar-refractivity contribution in [3.63, 3.8) is 0 Å². The fourth-order valence-electron chi connectivity index (χ4n) is 2.27. The Morgan fingerprint density at radius 1 is 1.25 bits per heavy atom. The summed E-state index contributed by atoms with van der Waals surface area (Å²) < 4.78 is 0. The second-order valence-corrected chi connectivity index (χ2v) is 3.57. The third kappa shape index (κ3) is 1.99. The number of rotatable bonds is 0. The first-order valence-corrected chi connectivity index (χ1v) is 5.31. The van der Waals surface area contributed by atoms with Crippen molar-refractivity contribution >= 4 is 0 Å². The molecule has 2 fully saturated rings. The van der Waals surface area contributed by atoms with Crippen LogP contribution in [0.2, 0.25) is 0 Å². The van der Waals surface area contributed by atoms with Crippen molar-refractivity contribution in [2.75, 3.05) is 20.1 Å². The van der Waals surface area contributed by atoms with Gasteiger partial charge >= 0.3 is 0 Å². The van der Waals surface area contributed by atoms with Gasteiger partial charge in [0.05, 0.1) is 6.17 Å². The first-order chi connectivity index (χ1) is 5.88. The lowest BCUT2D eigenvalue weighted by Crippen LogP contribution is -2.46. The molecule has 0 aromatic rings. The van der Waals surface area contributed by atoms with E-state index in [1.54, 1.807) is 0 Å². The maximum Gasteiger partial charge on any atom is 0.0624 e. The van der Waals surface area contributed by atoms with Crippen LogP contribution in [-0.4, -0.2) is 31.2 Å². The molecule has 1 N–H and O–H groups in total. The zero-order chi connectivity index (χ0) is 8.97. The van der Waals surface area contributed by atoms with E-state index in [-0.39, 0.29) is 0 Å². The number of nitrogens with zero attached hydrogens (tertiary/aromatic N) is 1. The number of piperidine rings is 1. The molecule has 2 nitrogen and oxygen atoms in total. The maximum atomic E-state index is 3.56. The topological polar surface area (TPSA) is 15.3 Å². The highest BCUT2D eigenvalue weighted by Gasteiger charge is 2.32. The Bertz CT molecular complexity index is 123. The number of hydrogen-bond donors (Lipinski definition) is 1. The molecule has 2 saturated heterocycles. The van der Waals surface area contributed by atoms with E-state index in [9.17, 15) is 0 Å². The van der Waals surface area contributed by atoms with Crippen LogP contribution in [0.25, 0.3) is 0 Å². The summed E-state index contributed by atoms with van der Waals surface area (Å²) >= 11 is 0. The average molecular weight is 170 g/mol. The first kappa shape index (κ1) is 10.0. The van der Waals surface area contributed by atoms with Crippen molar-refractivity contribution in [3.8, 4) is 0 Å². The monoisotopic (exact) mass is 170 g/mol. The van der Waals surface area contributed by atoms with Crippen molar-refractivity contribution in [1.82, 2.24) is 10.2 Å². The number of nitrogens with one attached hydrogen (secondary N) is 1. The van der Waals surface area contributed by atoms with E-state index in [0.717, 1.165) is 5.92 Å². The maximum absolute atomic E-state index is 3.56. The largest absolute Gasteiger partial charge is 0.302 e. The molecule has 0 aromatic heterocycles. The van der Waals surface area contributed by atoms with Gasteiger partial charge in [0.15, 0.2) is 0 Å². The van der Waals surface area contributed by atoms with Crippen LogP contribution in [0, 0.1) is 5.92 Å². The van der Waals surface area contributed by atoms with Crippen molar-refractivity contribution < 1.29 is 0 Å². The SMILES string of the molecule is CC.CN1CCC2CCCNC21. The second kappa shape index (κ2) is 4.83. The molecule has 0 aromatic carbocycles. The molecule has 2 unspecified atom stereocenters. The van der Waals surface area contributed by atoms with E-state index in [1.165, 1.54) is 32.4 Å². The minimum Gasteiger partial charge on any atom is -0.302 e. The van der Waals surface area contributed by atoms with E-state index in [2.05, 4.69) is 17.3 Å². The number of hydrogen-bond acceptors (Lipinski definition) is 2. The Morgan fingerprint density at radius 2 is 2.00 bits per heavy atom. The van der Waals surface area contributed by atoms with Gasteiger partial charge in [0.1, 0.15) is 0 Å². The Balaban J connectivity index is 0.000000336. The third-order valence-electron chi connectivity index (χ3n) is 2.88. The predicted molar refractivity (Wildman–Crippen MR) is 53.1 cm³/mol. The summed E-state index contributed by atoms with van der Waals surface area (Å²) in [5.74, 6) is 0.957. The van der Waals surface area contributed by atoms with Crippen molar-refractivity contribution in [2.24, 2.45) is 5.92 Å². The molecular formula is C10H22N2. The standard InChI is InChI=1S/C8H16N2.C2H6/c1-10-6-4-7-3-2-5-9-8(7)10;1-2/h7-9H,2-6H2,1H3;1-2H3. The van der Waals surface area contributed by atoms with Gasteiger partial charge in [-0.3, -0.25) is 4.90 Å². The van der Waals surface area contributed by atoms with Crippen molar-refractivity contribution in [2.45, 2.75) is 39.3 Å². The van der Waals surface area contributed by atoms with Gasteiger partial charge in [-0.25, -0.2) is 0 Å². The highest BCUT2D eigenvalue weighted by Crippen LogP contribution is 2.27. The lowest BCUT2D eigenvalue weighted by atomic mass is 9.96. The van der Waals surface area contributed by atoms with Gasteiger partial charge in [0.25, 0.3) is 0 Å². The predicted octanol–water partition coefficient (Wildman–Crippen LogP) is 1.67. The lowest BCUT2D eigenvalue weighted by molar-refractivity contribution is 0.190. The summed E-state index contributed by atoms with van der Waals surface area (Å²) in [5, 5.41) is 3.56. The van der Waals surface area contributed by atoms with Gasteiger partial charge in [0.2, 0.25) is 0 Å². The molecule has 72 valence electrons. The van der Waals surface area contributed by atoms with Gasteiger partial charge in [0, 0.05) is 0 Å². The van der Waals surface area contributed by atoms with E-state index >= 15 is 0 Å². The molecular weight excluding hydrogens is 148 g/mol. The van der Waals surface area contributed by atoms with Crippen molar-refractivity contribution in [3.05, 3.63) is 0 Å². The lowest BCUT2D eigenvalue weighted by Gasteiger charge is -2.30. The molecule has 0 aliphatic carbocycles. The fraction of sp³-hybridized carbons (Fsp3) is 1.00. The summed E-state index contributed by atoms with van der Waals surface area (Å²) in [4.78, 5) is 2.45. The van der Waals surface area contributed by atoms with Crippen LogP contribution in [-0.2, 0) is 0 Å². The van der Waals surface area contributed by atoms with Crippen molar-refractivity contribution in [1.29, 1.82) is 0 Å². The molecule has 2 atom stereocenters. The van der Waals surface area contributed by atoms with E-state index in [0.29, 0.717) is 6.17 Å². The normalized spacial score (nSPS) is 35.2. The zero-order valence-corrected chi connectivity index (χ0v) is 8.64. The Labute approximate surface area is 76.3 Å². The molecule has 0 amide bonds. The molecule has 0 radical (unpaired) electrons. The van der Waals surface area contributed by atoms with E-state index in [4.69, 9.17) is 0 Å². The quantitative estimate of drug-likeness (QED) is 0.595. The molecule has 0 bridgehead atoms. The van der Waals surface area contributed by atoms with Gasteiger partial charge < -0.3 is 5.32 Å². The van der Waals surface area contributed by atoms with Crippen LogP contribution >= 0.6 is 0 Å². The molecule has 2 rings (SSSR count). The second-order valence-electron chi connectivity index (χ2n) is 3.57. The summed E-state index contributed by atoms with van der Waals surface area (Å²) in [5.41, 5.74) is 0. The van der Waals surface area contributed by atoms with Gasteiger partial charge in [-0.15, -0.1) is 0 Å². The Hall–Kier alpha value is -0.0800. The minimum absolute atomic E-state index is 0.716. The Kier molecular flexibility index (Phi) is 4.02. The highest BCUT2D eigenvalue weighted by molar-refractivity contribution is 4.86. The van der Waals surface area contributed by atoms with Crippen LogP contribution in [0.15, 0.2) is 0 Å². The third-order valence-corrected chi connectivity index (χ3v) is 2.88. The number of likely N-dealkylation sites (tertiary alicyclic amines) is 1. The van der Waals surface area contributed by atoms with Crippen LogP contribution in [0.3, 0.4) is 0 Å². The molecule has 12 heavy (non-hydrogen) atoms.